The number of alkyl carbamates (subject to hydrolysis) is 1. The van der Waals surface area contributed by atoms with Crippen LogP contribution in [0.1, 0.15) is 60.3 Å². The molecule has 0 bridgehead atoms. The number of primary amides is 1. The van der Waals surface area contributed by atoms with Crippen molar-refractivity contribution in [3.63, 3.8) is 0 Å². The van der Waals surface area contributed by atoms with E-state index in [0.29, 0.717) is 25.8 Å². The van der Waals surface area contributed by atoms with E-state index in [2.05, 4.69) is 10.6 Å². The second kappa shape index (κ2) is 10.4. The van der Waals surface area contributed by atoms with Gasteiger partial charge in [-0.05, 0) is 40.5 Å². The number of carbonyl (C=O) groups is 4. The molecule has 1 aliphatic rings. The molecule has 0 radical (unpaired) electrons. The molecule has 4 unspecified atom stereocenters. The highest BCUT2D eigenvalue weighted by Crippen LogP contribution is 2.19. The van der Waals surface area contributed by atoms with Crippen LogP contribution in [0.25, 0.3) is 0 Å². The van der Waals surface area contributed by atoms with E-state index in [9.17, 15) is 19.2 Å². The van der Waals surface area contributed by atoms with Gasteiger partial charge >= 0.3 is 6.09 Å². The first-order valence-corrected chi connectivity index (χ1v) is 10.0. The maximum absolute atomic E-state index is 13.0. The summed E-state index contributed by atoms with van der Waals surface area (Å²) in [4.78, 5) is 50.5. The summed E-state index contributed by atoms with van der Waals surface area (Å²) in [5.41, 5.74) is 10.6. The molecule has 1 aliphatic heterocycles. The topological polar surface area (TPSA) is 157 Å². The molecule has 4 atom stereocenters. The Kier molecular flexibility index (Phi) is 8.87. The molecule has 166 valence electrons. The number of carbonyl (C=O) groups excluding carboxylic acids is 4. The van der Waals surface area contributed by atoms with Crippen molar-refractivity contribution in [2.24, 2.45) is 11.5 Å². The van der Waals surface area contributed by atoms with E-state index in [4.69, 9.17) is 16.2 Å². The molecule has 0 aliphatic carbocycles. The molecule has 1 fully saturated rings. The predicted molar refractivity (Wildman–Crippen MR) is 108 cm³/mol. The Balaban J connectivity index is 2.82. The minimum Gasteiger partial charge on any atom is -0.444 e. The van der Waals surface area contributed by atoms with Crippen LogP contribution >= 0.6 is 0 Å². The lowest BCUT2D eigenvalue weighted by atomic mass is 10.1. The van der Waals surface area contributed by atoms with E-state index >= 15 is 0 Å². The summed E-state index contributed by atoms with van der Waals surface area (Å²) < 4.78 is 5.14. The highest BCUT2D eigenvalue weighted by atomic mass is 16.6. The SMILES string of the molecule is CCCCC(NC(=O)C(C)NC(=O)OC(C)(C)C)C(=O)N1CCC(N)C1C(N)=O. The van der Waals surface area contributed by atoms with Crippen molar-refractivity contribution in [3.05, 3.63) is 0 Å². The van der Waals surface area contributed by atoms with Gasteiger partial charge in [0.15, 0.2) is 0 Å². The standard InChI is InChI=1S/C19H35N5O5/c1-6-7-8-13(17(27)24-10-9-12(20)14(24)15(21)25)23-16(26)11(2)22-18(28)29-19(3,4)5/h11-14H,6-10,20H2,1-5H3,(H2,21,25)(H,22,28)(H,23,26). The first-order chi connectivity index (χ1) is 13.4. The van der Waals surface area contributed by atoms with Crippen LogP contribution in [0.15, 0.2) is 0 Å². The molecule has 10 heteroatoms. The molecular formula is C19H35N5O5. The minimum absolute atomic E-state index is 0.303. The van der Waals surface area contributed by atoms with Gasteiger partial charge in [-0.15, -0.1) is 0 Å². The molecule has 1 heterocycles. The van der Waals surface area contributed by atoms with Gasteiger partial charge in [0.2, 0.25) is 17.7 Å². The number of rotatable bonds is 8. The zero-order valence-electron chi connectivity index (χ0n) is 18.0. The number of hydrogen-bond donors (Lipinski definition) is 4. The molecule has 6 N–H and O–H groups in total. The van der Waals surface area contributed by atoms with Crippen LogP contribution in [0.5, 0.6) is 0 Å². The number of unbranched alkanes of at least 4 members (excludes halogenated alkanes) is 1. The normalized spacial score (nSPS) is 21.2. The lowest BCUT2D eigenvalue weighted by molar-refractivity contribution is -0.141. The summed E-state index contributed by atoms with van der Waals surface area (Å²) in [6.07, 6.45) is 1.66. The average Bonchev–Trinajstić information content (AvgIpc) is 2.97. The number of nitrogens with one attached hydrogen (secondary N) is 2. The van der Waals surface area contributed by atoms with Crippen LogP contribution in [-0.2, 0) is 19.1 Å². The molecule has 0 aromatic carbocycles. The van der Waals surface area contributed by atoms with Gasteiger partial charge in [0.25, 0.3) is 0 Å². The molecule has 4 amide bonds. The molecule has 0 saturated carbocycles. The van der Waals surface area contributed by atoms with Gasteiger partial charge in [0, 0.05) is 12.6 Å². The van der Waals surface area contributed by atoms with Crippen LogP contribution in [0.4, 0.5) is 4.79 Å². The molecule has 1 rings (SSSR count). The summed E-state index contributed by atoms with van der Waals surface area (Å²) in [5, 5.41) is 5.13. The van der Waals surface area contributed by atoms with Gasteiger partial charge in [0.05, 0.1) is 0 Å². The third-order valence-electron chi connectivity index (χ3n) is 4.61. The molecule has 10 nitrogen and oxygen atoms in total. The van der Waals surface area contributed by atoms with Crippen molar-refractivity contribution in [1.82, 2.24) is 15.5 Å². The van der Waals surface area contributed by atoms with E-state index in [1.807, 2.05) is 6.92 Å². The maximum atomic E-state index is 13.0. The fourth-order valence-corrected chi connectivity index (χ4v) is 3.14. The van der Waals surface area contributed by atoms with E-state index < -0.39 is 53.6 Å². The zero-order valence-corrected chi connectivity index (χ0v) is 18.0. The molecule has 29 heavy (non-hydrogen) atoms. The zero-order chi connectivity index (χ0) is 22.4. The van der Waals surface area contributed by atoms with Crippen LogP contribution < -0.4 is 22.1 Å². The number of nitrogens with two attached hydrogens (primary N) is 2. The second-order valence-electron chi connectivity index (χ2n) is 8.40. The van der Waals surface area contributed by atoms with Gasteiger partial charge < -0.3 is 31.7 Å². The molecular weight excluding hydrogens is 378 g/mol. The van der Waals surface area contributed by atoms with Crippen molar-refractivity contribution in [1.29, 1.82) is 0 Å². The number of hydrogen-bond acceptors (Lipinski definition) is 6. The largest absolute Gasteiger partial charge is 0.444 e. The Labute approximate surface area is 172 Å². The summed E-state index contributed by atoms with van der Waals surface area (Å²) in [6.45, 7) is 8.91. The first-order valence-electron chi connectivity index (χ1n) is 10.0. The Morgan fingerprint density at radius 2 is 1.83 bits per heavy atom. The summed E-state index contributed by atoms with van der Waals surface area (Å²) >= 11 is 0. The van der Waals surface area contributed by atoms with Gasteiger partial charge in [-0.25, -0.2) is 4.79 Å². The quantitative estimate of drug-likeness (QED) is 0.438. The minimum atomic E-state index is -0.908. The Hall–Kier alpha value is -2.36. The lowest BCUT2D eigenvalue weighted by Gasteiger charge is -2.29. The summed E-state index contributed by atoms with van der Waals surface area (Å²) in [5.74, 6) is -1.58. The third-order valence-corrected chi connectivity index (χ3v) is 4.61. The summed E-state index contributed by atoms with van der Waals surface area (Å²) in [6, 6.07) is -3.15. The maximum Gasteiger partial charge on any atom is 0.408 e. The van der Waals surface area contributed by atoms with Gasteiger partial charge in [-0.3, -0.25) is 14.4 Å². The first kappa shape index (κ1) is 24.7. The van der Waals surface area contributed by atoms with Gasteiger partial charge in [-0.2, -0.15) is 0 Å². The van der Waals surface area contributed by atoms with Crippen molar-refractivity contribution >= 4 is 23.8 Å². The van der Waals surface area contributed by atoms with Crippen LogP contribution in [0.3, 0.4) is 0 Å². The summed E-state index contributed by atoms with van der Waals surface area (Å²) in [7, 11) is 0. The molecule has 0 aromatic heterocycles. The van der Waals surface area contributed by atoms with Crippen molar-refractivity contribution < 1.29 is 23.9 Å². The smallest absolute Gasteiger partial charge is 0.408 e. The van der Waals surface area contributed by atoms with Crippen LogP contribution in [-0.4, -0.2) is 65.0 Å². The van der Waals surface area contributed by atoms with Crippen molar-refractivity contribution in [2.75, 3.05) is 6.54 Å². The van der Waals surface area contributed by atoms with Crippen molar-refractivity contribution in [2.45, 2.75) is 90.1 Å². The van der Waals surface area contributed by atoms with Crippen LogP contribution in [0.2, 0.25) is 0 Å². The van der Waals surface area contributed by atoms with E-state index in [1.54, 1.807) is 20.8 Å². The van der Waals surface area contributed by atoms with E-state index in [-0.39, 0.29) is 0 Å². The number of likely N-dealkylation sites (tertiary alicyclic amines) is 1. The monoisotopic (exact) mass is 413 g/mol. The third kappa shape index (κ3) is 7.52. The number of amides is 4. The predicted octanol–water partition coefficient (Wildman–Crippen LogP) is -0.0119. The Bertz CT molecular complexity index is 619. The fourth-order valence-electron chi connectivity index (χ4n) is 3.14. The fraction of sp³-hybridized carbons (Fsp3) is 0.789. The molecule has 1 saturated heterocycles. The highest BCUT2D eigenvalue weighted by molar-refractivity contribution is 5.94. The second-order valence-corrected chi connectivity index (χ2v) is 8.40. The highest BCUT2D eigenvalue weighted by Gasteiger charge is 2.41. The van der Waals surface area contributed by atoms with E-state index in [0.717, 1.165) is 6.42 Å². The Morgan fingerprint density at radius 1 is 1.21 bits per heavy atom. The number of ether oxygens (including phenoxy) is 1. The molecule has 0 spiro atoms. The van der Waals surface area contributed by atoms with Gasteiger partial charge in [-0.1, -0.05) is 19.8 Å². The Morgan fingerprint density at radius 3 is 2.34 bits per heavy atom. The lowest BCUT2D eigenvalue weighted by Crippen LogP contribution is -2.57. The van der Waals surface area contributed by atoms with Gasteiger partial charge in [0.1, 0.15) is 23.7 Å². The van der Waals surface area contributed by atoms with Crippen molar-refractivity contribution in [3.8, 4) is 0 Å². The molecule has 0 aromatic rings. The number of nitrogens with zero attached hydrogens (tertiary/aromatic N) is 1. The van der Waals surface area contributed by atoms with Crippen LogP contribution in [0, 0.1) is 0 Å². The van der Waals surface area contributed by atoms with E-state index in [1.165, 1.54) is 11.8 Å². The average molecular weight is 414 g/mol.